The summed E-state index contributed by atoms with van der Waals surface area (Å²) in [5, 5.41) is 14.6. The summed E-state index contributed by atoms with van der Waals surface area (Å²) < 4.78 is 6.09. The number of alkyl carbamates (subject to hydrolysis) is 1. The largest absolute Gasteiger partial charge is 0.480 e. The topological polar surface area (TPSA) is 105 Å². The number of hydrogen-bond acceptors (Lipinski definition) is 4. The fourth-order valence-corrected chi connectivity index (χ4v) is 3.38. The maximum absolute atomic E-state index is 12.7. The van der Waals surface area contributed by atoms with Gasteiger partial charge in [-0.2, -0.15) is 0 Å². The van der Waals surface area contributed by atoms with E-state index in [1.165, 1.54) is 0 Å². The van der Waals surface area contributed by atoms with Gasteiger partial charge in [-0.05, 0) is 45.7 Å². The van der Waals surface area contributed by atoms with Gasteiger partial charge in [-0.1, -0.05) is 62.4 Å². The predicted octanol–water partition coefficient (Wildman–Crippen LogP) is 3.35. The van der Waals surface area contributed by atoms with Crippen LogP contribution in [-0.4, -0.2) is 35.2 Å². The van der Waals surface area contributed by atoms with Crippen molar-refractivity contribution < 1.29 is 24.2 Å². The molecule has 0 aliphatic carbocycles. The zero-order valence-corrected chi connectivity index (χ0v) is 19.0. The highest BCUT2D eigenvalue weighted by molar-refractivity contribution is 14.1. The van der Waals surface area contributed by atoms with Gasteiger partial charge in [-0.25, -0.2) is 9.59 Å². The van der Waals surface area contributed by atoms with Crippen molar-refractivity contribution >= 4 is 40.6 Å². The Morgan fingerprint density at radius 1 is 1.00 bits per heavy atom. The summed E-state index contributed by atoms with van der Waals surface area (Å²) in [6.45, 7) is 3.60. The third-order valence-electron chi connectivity index (χ3n) is 4.43. The monoisotopic (exact) mass is 524 g/mol. The fourth-order valence-electron chi connectivity index (χ4n) is 2.77. The lowest BCUT2D eigenvalue weighted by Crippen LogP contribution is -2.54. The fraction of sp³-hybridized carbons (Fsp3) is 0.318. The number of hydrogen-bond donors (Lipinski definition) is 3. The molecule has 2 aromatic rings. The van der Waals surface area contributed by atoms with Crippen molar-refractivity contribution in [1.82, 2.24) is 10.6 Å². The summed E-state index contributed by atoms with van der Waals surface area (Å²) in [5.41, 5.74) is 1.64. The van der Waals surface area contributed by atoms with Crippen LogP contribution in [0.4, 0.5) is 4.79 Å². The SMILES string of the molecule is CC(C)[C@H](NC(=O)OCc1ccccc1)C(=O)N[C@H](Cc1ccccc1I)C(=O)O. The standard InChI is InChI=1S/C22H25IN2O5/c1-14(2)19(25-22(29)30-13-15-8-4-3-5-9-15)20(26)24-18(21(27)28)12-16-10-6-7-11-17(16)23/h3-11,14,18-19H,12-13H2,1-2H3,(H,24,26)(H,25,29)(H,27,28)/t18-,19+/m1/s1. The average molecular weight is 524 g/mol. The van der Waals surface area contributed by atoms with Crippen LogP contribution < -0.4 is 10.6 Å². The van der Waals surface area contributed by atoms with E-state index in [9.17, 15) is 19.5 Å². The number of nitrogens with one attached hydrogen (secondary N) is 2. The number of carbonyl (C=O) groups excluding carboxylic acids is 2. The van der Waals surface area contributed by atoms with Gasteiger partial charge in [0.25, 0.3) is 0 Å². The molecule has 0 spiro atoms. The predicted molar refractivity (Wildman–Crippen MR) is 121 cm³/mol. The van der Waals surface area contributed by atoms with Crippen LogP contribution in [0.15, 0.2) is 54.6 Å². The summed E-state index contributed by atoms with van der Waals surface area (Å²) in [7, 11) is 0. The van der Waals surface area contributed by atoms with E-state index in [0.717, 1.165) is 14.7 Å². The van der Waals surface area contributed by atoms with E-state index in [4.69, 9.17) is 4.74 Å². The van der Waals surface area contributed by atoms with Gasteiger partial charge in [0.1, 0.15) is 18.7 Å². The minimum Gasteiger partial charge on any atom is -0.480 e. The number of carboxylic acid groups (broad SMARTS) is 1. The number of aliphatic carboxylic acids is 1. The van der Waals surface area contributed by atoms with Crippen LogP contribution >= 0.6 is 22.6 Å². The summed E-state index contributed by atoms with van der Waals surface area (Å²) in [4.78, 5) is 36.6. The molecule has 0 radical (unpaired) electrons. The van der Waals surface area contributed by atoms with Gasteiger partial charge in [0.15, 0.2) is 0 Å². The molecule has 160 valence electrons. The number of halogens is 1. The summed E-state index contributed by atoms with van der Waals surface area (Å²) in [6, 6.07) is 14.5. The van der Waals surface area contributed by atoms with Crippen LogP contribution in [-0.2, 0) is 27.4 Å². The van der Waals surface area contributed by atoms with Gasteiger partial charge in [0.05, 0.1) is 0 Å². The molecule has 8 heteroatoms. The summed E-state index contributed by atoms with van der Waals surface area (Å²) >= 11 is 2.13. The molecule has 0 fully saturated rings. The van der Waals surface area contributed by atoms with E-state index < -0.39 is 30.1 Å². The second kappa shape index (κ2) is 11.5. The Labute approximate surface area is 189 Å². The molecule has 0 aromatic heterocycles. The second-order valence-corrected chi connectivity index (χ2v) is 8.28. The van der Waals surface area contributed by atoms with Crippen molar-refractivity contribution in [2.45, 2.75) is 39.0 Å². The lowest BCUT2D eigenvalue weighted by atomic mass is 10.0. The lowest BCUT2D eigenvalue weighted by molar-refractivity contribution is -0.142. The molecule has 7 nitrogen and oxygen atoms in total. The van der Waals surface area contributed by atoms with Gasteiger partial charge in [-0.3, -0.25) is 4.79 Å². The van der Waals surface area contributed by atoms with Crippen molar-refractivity contribution in [3.05, 3.63) is 69.3 Å². The molecule has 2 rings (SSSR count). The van der Waals surface area contributed by atoms with E-state index in [0.29, 0.717) is 0 Å². The molecule has 2 atom stereocenters. The first-order valence-corrected chi connectivity index (χ1v) is 10.6. The number of ether oxygens (including phenoxy) is 1. The van der Waals surface area contributed by atoms with E-state index in [-0.39, 0.29) is 18.9 Å². The highest BCUT2D eigenvalue weighted by atomic mass is 127. The van der Waals surface area contributed by atoms with Crippen LogP contribution in [0.5, 0.6) is 0 Å². The highest BCUT2D eigenvalue weighted by Crippen LogP contribution is 2.14. The third-order valence-corrected chi connectivity index (χ3v) is 5.48. The first kappa shape index (κ1) is 23.7. The van der Waals surface area contributed by atoms with Crippen molar-refractivity contribution in [3.63, 3.8) is 0 Å². The zero-order valence-electron chi connectivity index (χ0n) is 16.8. The quantitative estimate of drug-likeness (QED) is 0.437. The minimum atomic E-state index is -1.14. The van der Waals surface area contributed by atoms with Crippen molar-refractivity contribution in [2.75, 3.05) is 0 Å². The first-order chi connectivity index (χ1) is 14.3. The molecule has 2 aromatic carbocycles. The molecule has 0 heterocycles. The van der Waals surface area contributed by atoms with Crippen LogP contribution in [0.25, 0.3) is 0 Å². The molecule has 0 unspecified atom stereocenters. The first-order valence-electron chi connectivity index (χ1n) is 9.51. The Morgan fingerprint density at radius 3 is 2.23 bits per heavy atom. The molecule has 0 bridgehead atoms. The van der Waals surface area contributed by atoms with Gasteiger partial charge in [0.2, 0.25) is 5.91 Å². The number of carboxylic acids is 1. The summed E-state index contributed by atoms with van der Waals surface area (Å²) in [6.07, 6.45) is -0.596. The molecule has 0 aliphatic rings. The molecule has 3 N–H and O–H groups in total. The van der Waals surface area contributed by atoms with Crippen LogP contribution in [0.1, 0.15) is 25.0 Å². The van der Waals surface area contributed by atoms with E-state index in [1.54, 1.807) is 13.8 Å². The van der Waals surface area contributed by atoms with Gasteiger partial charge in [-0.15, -0.1) is 0 Å². The number of benzene rings is 2. The number of rotatable bonds is 9. The van der Waals surface area contributed by atoms with Crippen molar-refractivity contribution in [1.29, 1.82) is 0 Å². The van der Waals surface area contributed by atoms with Crippen LogP contribution in [0, 0.1) is 9.49 Å². The summed E-state index contributed by atoms with van der Waals surface area (Å²) in [5.74, 6) is -1.97. The molecular formula is C22H25IN2O5. The van der Waals surface area contributed by atoms with Crippen LogP contribution in [0.2, 0.25) is 0 Å². The van der Waals surface area contributed by atoms with Crippen LogP contribution in [0.3, 0.4) is 0 Å². The zero-order chi connectivity index (χ0) is 22.1. The maximum Gasteiger partial charge on any atom is 0.408 e. The Hall–Kier alpha value is -2.62. The number of carbonyl (C=O) groups is 3. The Balaban J connectivity index is 1.99. The van der Waals surface area contributed by atoms with Gasteiger partial charge >= 0.3 is 12.1 Å². The molecule has 2 amide bonds. The van der Waals surface area contributed by atoms with E-state index >= 15 is 0 Å². The molecule has 30 heavy (non-hydrogen) atoms. The molecular weight excluding hydrogens is 499 g/mol. The second-order valence-electron chi connectivity index (χ2n) is 7.12. The van der Waals surface area contributed by atoms with E-state index in [1.807, 2.05) is 54.6 Å². The maximum atomic E-state index is 12.7. The third kappa shape index (κ3) is 7.33. The van der Waals surface area contributed by atoms with E-state index in [2.05, 4.69) is 33.2 Å². The Bertz CT molecular complexity index is 873. The lowest BCUT2D eigenvalue weighted by Gasteiger charge is -2.24. The molecule has 0 saturated carbocycles. The highest BCUT2D eigenvalue weighted by Gasteiger charge is 2.29. The Kier molecular flexibility index (Phi) is 9.10. The smallest absolute Gasteiger partial charge is 0.408 e. The molecule has 0 aliphatic heterocycles. The number of amides is 2. The normalized spacial score (nSPS) is 12.7. The Morgan fingerprint density at radius 2 is 1.63 bits per heavy atom. The molecule has 0 saturated heterocycles. The van der Waals surface area contributed by atoms with Crippen molar-refractivity contribution in [3.8, 4) is 0 Å². The van der Waals surface area contributed by atoms with Gasteiger partial charge < -0.3 is 20.5 Å². The van der Waals surface area contributed by atoms with Crippen molar-refractivity contribution in [2.24, 2.45) is 5.92 Å². The van der Waals surface area contributed by atoms with Gasteiger partial charge in [0, 0.05) is 9.99 Å². The minimum absolute atomic E-state index is 0.0727. The average Bonchev–Trinajstić information content (AvgIpc) is 2.71.